The molecular weight excluding hydrogens is 335 g/mol. The van der Waals surface area contributed by atoms with Crippen molar-refractivity contribution >= 4 is 15.9 Å². The summed E-state index contributed by atoms with van der Waals surface area (Å²) in [5.41, 5.74) is 0.0925. The molecule has 0 spiro atoms. The Labute approximate surface area is 125 Å². The molecule has 0 aromatic heterocycles. The maximum absolute atomic E-state index is 12.7. The standard InChI is InChI=1S/C14H17BrF3NO/c1-10-9-20-13(6-15)8-19(10)7-11-3-2-4-12(5-11)14(16,17)18/h2-5,10,13H,6-9H2,1H3. The molecule has 1 aromatic rings. The molecule has 2 unspecified atom stereocenters. The summed E-state index contributed by atoms with van der Waals surface area (Å²) >= 11 is 3.38. The van der Waals surface area contributed by atoms with Crippen molar-refractivity contribution in [3.63, 3.8) is 0 Å². The molecule has 2 rings (SSSR count). The zero-order chi connectivity index (χ0) is 14.8. The Morgan fingerprint density at radius 3 is 2.80 bits per heavy atom. The number of ether oxygens (including phenoxy) is 1. The fraction of sp³-hybridized carbons (Fsp3) is 0.571. The first kappa shape index (κ1) is 15.8. The lowest BCUT2D eigenvalue weighted by Gasteiger charge is -2.37. The van der Waals surface area contributed by atoms with Crippen LogP contribution in [0.4, 0.5) is 13.2 Å². The van der Waals surface area contributed by atoms with Gasteiger partial charge in [-0.05, 0) is 18.6 Å². The fourth-order valence-electron chi connectivity index (χ4n) is 2.27. The van der Waals surface area contributed by atoms with Gasteiger partial charge < -0.3 is 4.74 Å². The van der Waals surface area contributed by atoms with Gasteiger partial charge in [-0.2, -0.15) is 13.2 Å². The highest BCUT2D eigenvalue weighted by molar-refractivity contribution is 9.09. The third kappa shape index (κ3) is 3.96. The average Bonchev–Trinajstić information content (AvgIpc) is 2.41. The van der Waals surface area contributed by atoms with Gasteiger partial charge in [-0.3, -0.25) is 4.90 Å². The van der Waals surface area contributed by atoms with E-state index in [9.17, 15) is 13.2 Å². The van der Waals surface area contributed by atoms with E-state index in [-0.39, 0.29) is 12.1 Å². The van der Waals surface area contributed by atoms with Crippen LogP contribution in [0.5, 0.6) is 0 Å². The van der Waals surface area contributed by atoms with Crippen LogP contribution in [0.3, 0.4) is 0 Å². The molecule has 0 saturated carbocycles. The van der Waals surface area contributed by atoms with Gasteiger partial charge in [0.05, 0.1) is 18.3 Å². The molecule has 0 bridgehead atoms. The molecule has 0 N–H and O–H groups in total. The SMILES string of the molecule is CC1COC(CBr)CN1Cc1cccc(C(F)(F)F)c1. The number of benzene rings is 1. The second kappa shape index (κ2) is 6.45. The molecule has 0 amide bonds. The van der Waals surface area contributed by atoms with Crippen molar-refractivity contribution in [1.82, 2.24) is 4.90 Å². The maximum Gasteiger partial charge on any atom is 0.416 e. The lowest BCUT2D eigenvalue weighted by molar-refractivity contribution is -0.137. The van der Waals surface area contributed by atoms with Gasteiger partial charge in [0.1, 0.15) is 0 Å². The molecule has 1 saturated heterocycles. The quantitative estimate of drug-likeness (QED) is 0.770. The van der Waals surface area contributed by atoms with Crippen LogP contribution in [0.15, 0.2) is 24.3 Å². The highest BCUT2D eigenvalue weighted by Crippen LogP contribution is 2.30. The molecule has 2 nitrogen and oxygen atoms in total. The van der Waals surface area contributed by atoms with E-state index in [0.717, 1.165) is 17.9 Å². The van der Waals surface area contributed by atoms with E-state index in [4.69, 9.17) is 4.74 Å². The summed E-state index contributed by atoms with van der Waals surface area (Å²) in [6.07, 6.45) is -4.19. The Morgan fingerprint density at radius 2 is 2.15 bits per heavy atom. The average molecular weight is 352 g/mol. The number of halogens is 4. The first-order valence-electron chi connectivity index (χ1n) is 6.48. The van der Waals surface area contributed by atoms with Crippen molar-refractivity contribution < 1.29 is 17.9 Å². The van der Waals surface area contributed by atoms with Gasteiger partial charge in [-0.25, -0.2) is 0 Å². The van der Waals surface area contributed by atoms with E-state index in [1.54, 1.807) is 6.07 Å². The molecule has 112 valence electrons. The van der Waals surface area contributed by atoms with Crippen molar-refractivity contribution in [3.05, 3.63) is 35.4 Å². The summed E-state index contributed by atoms with van der Waals surface area (Å²) in [5.74, 6) is 0. The summed E-state index contributed by atoms with van der Waals surface area (Å²) in [5, 5.41) is 0.735. The molecule has 1 fully saturated rings. The van der Waals surface area contributed by atoms with E-state index in [2.05, 4.69) is 20.8 Å². The first-order chi connectivity index (χ1) is 9.40. The summed E-state index contributed by atoms with van der Waals surface area (Å²) in [4.78, 5) is 2.16. The third-order valence-electron chi connectivity index (χ3n) is 3.45. The molecule has 1 aliphatic rings. The summed E-state index contributed by atoms with van der Waals surface area (Å²) < 4.78 is 43.7. The van der Waals surface area contributed by atoms with Crippen molar-refractivity contribution in [1.29, 1.82) is 0 Å². The topological polar surface area (TPSA) is 12.5 Å². The van der Waals surface area contributed by atoms with E-state index in [1.807, 2.05) is 6.92 Å². The van der Waals surface area contributed by atoms with Crippen LogP contribution < -0.4 is 0 Å². The molecule has 0 aliphatic carbocycles. The predicted octanol–water partition coefficient (Wildman–Crippen LogP) is 3.69. The first-order valence-corrected chi connectivity index (χ1v) is 7.60. The molecule has 1 aliphatic heterocycles. The minimum absolute atomic E-state index is 0.0944. The summed E-state index contributed by atoms with van der Waals surface area (Å²) in [6, 6.07) is 5.74. The Kier molecular flexibility index (Phi) is 5.09. The lowest BCUT2D eigenvalue weighted by Crippen LogP contribution is -2.48. The zero-order valence-corrected chi connectivity index (χ0v) is 12.7. The minimum Gasteiger partial charge on any atom is -0.374 e. The zero-order valence-electron chi connectivity index (χ0n) is 11.2. The van der Waals surface area contributed by atoms with Gasteiger partial charge in [-0.1, -0.05) is 34.1 Å². The summed E-state index contributed by atoms with van der Waals surface area (Å²) in [7, 11) is 0. The molecule has 20 heavy (non-hydrogen) atoms. The largest absolute Gasteiger partial charge is 0.416 e. The third-order valence-corrected chi connectivity index (χ3v) is 4.17. The lowest BCUT2D eigenvalue weighted by atomic mass is 10.1. The van der Waals surface area contributed by atoms with Crippen LogP contribution in [0.2, 0.25) is 0 Å². The van der Waals surface area contributed by atoms with Crippen LogP contribution in [0.1, 0.15) is 18.1 Å². The monoisotopic (exact) mass is 351 g/mol. The smallest absolute Gasteiger partial charge is 0.374 e. The van der Waals surface area contributed by atoms with Gasteiger partial charge in [-0.15, -0.1) is 0 Å². The Balaban J connectivity index is 2.09. The van der Waals surface area contributed by atoms with Crippen LogP contribution in [0, 0.1) is 0 Å². The van der Waals surface area contributed by atoms with Crippen LogP contribution in [-0.2, 0) is 17.5 Å². The van der Waals surface area contributed by atoms with Crippen molar-refractivity contribution in [3.8, 4) is 0 Å². The van der Waals surface area contributed by atoms with Crippen molar-refractivity contribution in [2.45, 2.75) is 31.8 Å². The van der Waals surface area contributed by atoms with Crippen molar-refractivity contribution in [2.75, 3.05) is 18.5 Å². The van der Waals surface area contributed by atoms with E-state index in [0.29, 0.717) is 18.7 Å². The molecule has 2 atom stereocenters. The second-order valence-electron chi connectivity index (χ2n) is 5.09. The fourth-order valence-corrected chi connectivity index (χ4v) is 2.66. The van der Waals surface area contributed by atoms with Crippen molar-refractivity contribution in [2.24, 2.45) is 0 Å². The van der Waals surface area contributed by atoms with Crippen LogP contribution in [-0.4, -0.2) is 35.5 Å². The number of nitrogens with zero attached hydrogens (tertiary/aromatic N) is 1. The van der Waals surface area contributed by atoms with Gasteiger partial charge in [0, 0.05) is 24.5 Å². The number of alkyl halides is 4. The summed E-state index contributed by atoms with van der Waals surface area (Å²) in [6.45, 7) is 3.87. The van der Waals surface area contributed by atoms with Crippen LogP contribution in [0.25, 0.3) is 0 Å². The molecule has 1 heterocycles. The highest BCUT2D eigenvalue weighted by atomic mass is 79.9. The van der Waals surface area contributed by atoms with Gasteiger partial charge in [0.15, 0.2) is 0 Å². The molecule has 6 heteroatoms. The Hall–Kier alpha value is -0.590. The van der Waals surface area contributed by atoms with E-state index >= 15 is 0 Å². The number of morpholine rings is 1. The van der Waals surface area contributed by atoms with Gasteiger partial charge in [0.2, 0.25) is 0 Å². The Bertz CT molecular complexity index is 452. The van der Waals surface area contributed by atoms with E-state index in [1.165, 1.54) is 12.1 Å². The highest BCUT2D eigenvalue weighted by Gasteiger charge is 2.31. The molecule has 1 aromatic carbocycles. The van der Waals surface area contributed by atoms with Gasteiger partial charge >= 0.3 is 6.18 Å². The minimum atomic E-state index is -4.29. The Morgan fingerprint density at radius 1 is 1.40 bits per heavy atom. The predicted molar refractivity (Wildman–Crippen MR) is 74.9 cm³/mol. The molecule has 0 radical (unpaired) electrons. The van der Waals surface area contributed by atoms with Gasteiger partial charge in [0.25, 0.3) is 0 Å². The molecular formula is C14H17BrF3NO. The maximum atomic E-state index is 12.7. The number of hydrogen-bond acceptors (Lipinski definition) is 2. The van der Waals surface area contributed by atoms with Crippen LogP contribution >= 0.6 is 15.9 Å². The van der Waals surface area contributed by atoms with E-state index < -0.39 is 11.7 Å². The second-order valence-corrected chi connectivity index (χ2v) is 5.73. The number of rotatable bonds is 3. The normalized spacial score (nSPS) is 24.9. The number of hydrogen-bond donors (Lipinski definition) is 0.